The average molecular weight is 376 g/mol. The van der Waals surface area contributed by atoms with E-state index < -0.39 is 35.6 Å². The van der Waals surface area contributed by atoms with E-state index in [4.69, 9.17) is 11.6 Å². The smallest absolute Gasteiger partial charge is 0.318 e. The number of urea groups is 1. The van der Waals surface area contributed by atoms with Gasteiger partial charge in [-0.2, -0.15) is 13.2 Å². The Labute approximate surface area is 145 Å². The number of halogens is 4. The molecule has 0 aromatic heterocycles. The molecule has 1 atom stereocenters. The highest BCUT2D eigenvalue weighted by Crippen LogP contribution is 2.39. The molecule has 2 N–H and O–H groups in total. The maximum Gasteiger partial charge on any atom is 0.440 e. The van der Waals surface area contributed by atoms with Crippen LogP contribution in [0.1, 0.15) is 18.4 Å². The first kappa shape index (κ1) is 17.5. The zero-order valence-electron chi connectivity index (χ0n) is 12.9. The number of nitrogens with zero attached hydrogens (tertiary/aromatic N) is 1. The third-order valence-corrected chi connectivity index (χ3v) is 4.59. The molecular weight excluding hydrogens is 363 g/mol. The van der Waals surface area contributed by atoms with Crippen LogP contribution in [0.2, 0.25) is 5.02 Å². The third-order valence-electron chi connectivity index (χ3n) is 4.19. The van der Waals surface area contributed by atoms with E-state index in [9.17, 15) is 27.6 Å². The van der Waals surface area contributed by atoms with Gasteiger partial charge in [0.15, 0.2) is 0 Å². The lowest BCUT2D eigenvalue weighted by molar-refractivity contribution is -0.201. The second-order valence-electron chi connectivity index (χ2n) is 5.97. The fraction of sp³-hybridized carbons (Fsp3) is 0.400. The molecule has 3 rings (SSSR count). The van der Waals surface area contributed by atoms with E-state index in [1.54, 1.807) is 10.6 Å². The van der Waals surface area contributed by atoms with E-state index in [0.717, 1.165) is 0 Å². The van der Waals surface area contributed by atoms with Crippen LogP contribution in [-0.4, -0.2) is 29.7 Å². The van der Waals surface area contributed by atoms with Crippen LogP contribution in [0.4, 0.5) is 23.7 Å². The molecule has 0 spiro atoms. The number of carbonyl (C=O) groups is 3. The van der Waals surface area contributed by atoms with Crippen LogP contribution < -0.4 is 15.5 Å². The molecule has 25 heavy (non-hydrogen) atoms. The number of carbonyl (C=O) groups excluding carboxylic acids is 3. The Hall–Kier alpha value is -2.29. The Kier molecular flexibility index (Phi) is 3.94. The van der Waals surface area contributed by atoms with Gasteiger partial charge in [-0.15, -0.1) is 0 Å². The Morgan fingerprint density at radius 2 is 2.00 bits per heavy atom. The summed E-state index contributed by atoms with van der Waals surface area (Å²) >= 11 is 5.92. The Balaban J connectivity index is 2.04. The van der Waals surface area contributed by atoms with Gasteiger partial charge < -0.3 is 5.32 Å². The first-order valence-electron chi connectivity index (χ1n) is 7.39. The summed E-state index contributed by atoms with van der Waals surface area (Å²) in [6, 6.07) is 2.89. The van der Waals surface area contributed by atoms with Gasteiger partial charge in [-0.1, -0.05) is 17.7 Å². The van der Waals surface area contributed by atoms with Crippen molar-refractivity contribution in [1.82, 2.24) is 10.6 Å². The number of alkyl halides is 3. The van der Waals surface area contributed by atoms with E-state index in [1.807, 2.05) is 0 Å². The van der Waals surface area contributed by atoms with E-state index in [0.29, 0.717) is 17.7 Å². The lowest BCUT2D eigenvalue weighted by Gasteiger charge is -2.30. The van der Waals surface area contributed by atoms with Crippen molar-refractivity contribution in [3.8, 4) is 0 Å². The SMILES string of the molecule is Cc1c(Cl)cccc1N1C(=O)N[C@@](NC(=O)C2CC2)(C(F)(F)F)C1=O. The van der Waals surface area contributed by atoms with Crippen LogP contribution in [-0.2, 0) is 9.59 Å². The molecule has 6 nitrogen and oxygen atoms in total. The number of rotatable bonds is 3. The predicted molar refractivity (Wildman–Crippen MR) is 81.9 cm³/mol. The van der Waals surface area contributed by atoms with Gasteiger partial charge in [-0.05, 0) is 37.5 Å². The Morgan fingerprint density at radius 3 is 2.56 bits per heavy atom. The highest BCUT2D eigenvalue weighted by molar-refractivity contribution is 6.32. The molecule has 134 valence electrons. The highest BCUT2D eigenvalue weighted by Gasteiger charge is 2.69. The zero-order valence-corrected chi connectivity index (χ0v) is 13.7. The average Bonchev–Trinajstić information content (AvgIpc) is 3.31. The van der Waals surface area contributed by atoms with Gasteiger partial charge in [0, 0.05) is 10.9 Å². The molecule has 1 saturated heterocycles. The van der Waals surface area contributed by atoms with E-state index in [1.165, 1.54) is 25.1 Å². The van der Waals surface area contributed by atoms with Crippen LogP contribution in [0.5, 0.6) is 0 Å². The molecule has 4 amide bonds. The summed E-state index contributed by atoms with van der Waals surface area (Å²) in [6.45, 7) is 1.47. The second kappa shape index (κ2) is 5.62. The maximum atomic E-state index is 13.6. The topological polar surface area (TPSA) is 78.5 Å². The van der Waals surface area contributed by atoms with Crippen LogP contribution in [0.3, 0.4) is 0 Å². The molecule has 0 unspecified atom stereocenters. The van der Waals surface area contributed by atoms with Crippen molar-refractivity contribution in [3.63, 3.8) is 0 Å². The number of benzene rings is 1. The first-order valence-corrected chi connectivity index (χ1v) is 7.77. The number of hydrogen-bond donors (Lipinski definition) is 2. The lowest BCUT2D eigenvalue weighted by atomic mass is 10.1. The molecular formula is C15H13ClF3N3O3. The molecule has 10 heteroatoms. The molecule has 0 bridgehead atoms. The van der Waals surface area contributed by atoms with Crippen molar-refractivity contribution in [2.75, 3.05) is 4.90 Å². The predicted octanol–water partition coefficient (Wildman–Crippen LogP) is 2.49. The molecule has 1 aliphatic carbocycles. The normalized spacial score (nSPS) is 23.6. The quantitative estimate of drug-likeness (QED) is 0.797. The number of imide groups is 1. The van der Waals surface area contributed by atoms with Gasteiger partial charge in [-0.3, -0.25) is 14.9 Å². The van der Waals surface area contributed by atoms with Crippen molar-refractivity contribution < 1.29 is 27.6 Å². The van der Waals surface area contributed by atoms with Crippen molar-refractivity contribution in [2.45, 2.75) is 31.6 Å². The number of amides is 4. The first-order chi connectivity index (χ1) is 11.6. The zero-order chi connectivity index (χ0) is 18.6. The monoisotopic (exact) mass is 375 g/mol. The van der Waals surface area contributed by atoms with Crippen molar-refractivity contribution in [1.29, 1.82) is 0 Å². The summed E-state index contributed by atoms with van der Waals surface area (Å²) in [6.07, 6.45) is -4.33. The molecule has 2 fully saturated rings. The summed E-state index contributed by atoms with van der Waals surface area (Å²) in [5.74, 6) is -3.12. The molecule has 1 saturated carbocycles. The largest absolute Gasteiger partial charge is 0.440 e. The van der Waals surface area contributed by atoms with Crippen molar-refractivity contribution in [2.24, 2.45) is 5.92 Å². The Bertz CT molecular complexity index is 779. The maximum absolute atomic E-state index is 13.6. The standard InChI is InChI=1S/C15H13ClF3N3O3/c1-7-9(16)3-2-4-10(7)22-12(24)14(15(17,18)19,21-13(22)25)20-11(23)8-5-6-8/h2-4,8H,5-6H2,1H3,(H,20,23)(H,21,25)/t14-/m1/s1. The van der Waals surface area contributed by atoms with E-state index in [2.05, 4.69) is 0 Å². The molecule has 1 heterocycles. The van der Waals surface area contributed by atoms with Crippen molar-refractivity contribution in [3.05, 3.63) is 28.8 Å². The molecule has 1 aliphatic heterocycles. The number of nitrogens with one attached hydrogen (secondary N) is 2. The van der Waals surface area contributed by atoms with Crippen LogP contribution in [0.25, 0.3) is 0 Å². The van der Waals surface area contributed by atoms with Gasteiger partial charge in [0.2, 0.25) is 5.91 Å². The fourth-order valence-corrected chi connectivity index (χ4v) is 2.74. The minimum Gasteiger partial charge on any atom is -0.318 e. The minimum atomic E-state index is -5.22. The van der Waals surface area contributed by atoms with Gasteiger partial charge in [0.25, 0.3) is 11.6 Å². The summed E-state index contributed by atoms with van der Waals surface area (Å²) in [7, 11) is 0. The van der Waals surface area contributed by atoms with Crippen molar-refractivity contribution >= 4 is 35.1 Å². The summed E-state index contributed by atoms with van der Waals surface area (Å²) < 4.78 is 40.9. The van der Waals surface area contributed by atoms with Gasteiger partial charge >= 0.3 is 12.2 Å². The fourth-order valence-electron chi connectivity index (χ4n) is 2.57. The number of hydrogen-bond acceptors (Lipinski definition) is 3. The van der Waals surface area contributed by atoms with Gasteiger partial charge in [0.05, 0.1) is 5.69 Å². The molecule has 1 aromatic rings. The lowest BCUT2D eigenvalue weighted by Crippen LogP contribution is -2.69. The van der Waals surface area contributed by atoms with E-state index >= 15 is 0 Å². The third kappa shape index (κ3) is 2.72. The summed E-state index contributed by atoms with van der Waals surface area (Å²) in [5, 5.41) is 3.48. The summed E-state index contributed by atoms with van der Waals surface area (Å²) in [5.41, 5.74) is -3.31. The van der Waals surface area contributed by atoms with Gasteiger partial charge in [0.1, 0.15) is 0 Å². The summed E-state index contributed by atoms with van der Waals surface area (Å²) in [4.78, 5) is 37.0. The molecule has 2 aliphatic rings. The molecule has 1 aromatic carbocycles. The Morgan fingerprint density at radius 1 is 1.36 bits per heavy atom. The van der Waals surface area contributed by atoms with Gasteiger partial charge in [-0.25, -0.2) is 9.69 Å². The number of anilines is 1. The van der Waals surface area contributed by atoms with Crippen LogP contribution in [0.15, 0.2) is 18.2 Å². The van der Waals surface area contributed by atoms with E-state index in [-0.39, 0.29) is 16.3 Å². The van der Waals surface area contributed by atoms with Crippen LogP contribution in [0, 0.1) is 12.8 Å². The van der Waals surface area contributed by atoms with Crippen LogP contribution >= 0.6 is 11.6 Å². The highest BCUT2D eigenvalue weighted by atomic mass is 35.5. The minimum absolute atomic E-state index is 0.0817. The molecule has 0 radical (unpaired) electrons. The second-order valence-corrected chi connectivity index (χ2v) is 6.37.